The Morgan fingerprint density at radius 1 is 1.53 bits per heavy atom. The van der Waals surface area contributed by atoms with Gasteiger partial charge in [-0.25, -0.2) is 0 Å². The third-order valence-corrected chi connectivity index (χ3v) is 3.31. The Morgan fingerprint density at radius 2 is 2.33 bits per heavy atom. The molecule has 0 spiro atoms. The number of fused-ring (bicyclic) bond motifs is 1. The van der Waals surface area contributed by atoms with E-state index in [4.69, 9.17) is 16.7 Å². The normalized spacial score (nSPS) is 19.4. The lowest BCUT2D eigenvalue weighted by molar-refractivity contribution is 0.277. The van der Waals surface area contributed by atoms with Crippen LogP contribution in [0.5, 0.6) is 0 Å². The fraction of sp³-hybridized carbons (Fsp3) is 0.500. The van der Waals surface area contributed by atoms with Crippen molar-refractivity contribution in [3.8, 4) is 0 Å². The summed E-state index contributed by atoms with van der Waals surface area (Å²) in [6.07, 6.45) is 0.823. The molecule has 0 aromatic heterocycles. The second-order valence-corrected chi connectivity index (χ2v) is 4.39. The molecule has 2 nitrogen and oxygen atoms in total. The topological polar surface area (TPSA) is 23.5 Å². The molecule has 0 saturated heterocycles. The number of aliphatic hydroxyl groups is 1. The number of halogens is 1. The fourth-order valence-corrected chi connectivity index (χ4v) is 2.49. The van der Waals surface area contributed by atoms with Gasteiger partial charge in [0.1, 0.15) is 0 Å². The summed E-state index contributed by atoms with van der Waals surface area (Å²) in [5, 5.41) is 9.82. The predicted octanol–water partition coefficient (Wildman–Crippen LogP) is 2.65. The highest BCUT2D eigenvalue weighted by molar-refractivity contribution is 6.30. The van der Waals surface area contributed by atoms with Crippen molar-refractivity contribution >= 4 is 17.3 Å². The standard InChI is InChI=1S/C12H16ClNO/c1-2-14-8-9(5-6-15)11-7-10(13)3-4-12(11)14/h3-4,7,9,15H,2,5-6,8H2,1H3. The zero-order chi connectivity index (χ0) is 10.8. The van der Waals surface area contributed by atoms with Gasteiger partial charge in [0.25, 0.3) is 0 Å². The summed E-state index contributed by atoms with van der Waals surface area (Å²) in [5.41, 5.74) is 2.57. The van der Waals surface area contributed by atoms with Gasteiger partial charge in [-0.2, -0.15) is 0 Å². The second kappa shape index (κ2) is 4.42. The van der Waals surface area contributed by atoms with Gasteiger partial charge < -0.3 is 10.0 Å². The third kappa shape index (κ3) is 1.97. The van der Waals surface area contributed by atoms with Gasteiger partial charge in [-0.05, 0) is 37.1 Å². The molecule has 2 rings (SSSR count). The van der Waals surface area contributed by atoms with Crippen molar-refractivity contribution in [1.82, 2.24) is 0 Å². The van der Waals surface area contributed by atoms with Gasteiger partial charge >= 0.3 is 0 Å². The van der Waals surface area contributed by atoms with E-state index in [1.54, 1.807) is 0 Å². The number of nitrogens with zero attached hydrogens (tertiary/aromatic N) is 1. The highest BCUT2D eigenvalue weighted by Gasteiger charge is 2.27. The number of anilines is 1. The molecule has 15 heavy (non-hydrogen) atoms. The summed E-state index contributed by atoms with van der Waals surface area (Å²) in [5.74, 6) is 0.434. The van der Waals surface area contributed by atoms with Crippen molar-refractivity contribution in [2.24, 2.45) is 0 Å². The molecule has 1 unspecified atom stereocenters. The molecule has 0 bridgehead atoms. The molecule has 1 aliphatic heterocycles. The summed E-state index contributed by atoms with van der Waals surface area (Å²) in [6.45, 7) is 4.41. The second-order valence-electron chi connectivity index (χ2n) is 3.95. The average Bonchev–Trinajstić information content (AvgIpc) is 2.57. The van der Waals surface area contributed by atoms with Gasteiger partial charge in [0.05, 0.1) is 0 Å². The monoisotopic (exact) mass is 225 g/mol. The summed E-state index contributed by atoms with van der Waals surface area (Å²) in [7, 11) is 0. The zero-order valence-corrected chi connectivity index (χ0v) is 9.67. The predicted molar refractivity (Wildman–Crippen MR) is 63.8 cm³/mol. The molecule has 82 valence electrons. The maximum absolute atomic E-state index is 9.03. The maximum atomic E-state index is 9.03. The Labute approximate surface area is 95.5 Å². The number of benzene rings is 1. The first-order valence-corrected chi connectivity index (χ1v) is 5.79. The smallest absolute Gasteiger partial charge is 0.0437 e. The van der Waals surface area contributed by atoms with Crippen LogP contribution in [0.4, 0.5) is 5.69 Å². The van der Waals surface area contributed by atoms with E-state index in [1.165, 1.54) is 11.3 Å². The van der Waals surface area contributed by atoms with Crippen LogP contribution in [0.25, 0.3) is 0 Å². The number of hydrogen-bond donors (Lipinski definition) is 1. The molecule has 1 atom stereocenters. The van der Waals surface area contributed by atoms with Crippen LogP contribution >= 0.6 is 11.6 Å². The third-order valence-electron chi connectivity index (χ3n) is 3.07. The minimum absolute atomic E-state index is 0.244. The first kappa shape index (κ1) is 10.8. The van der Waals surface area contributed by atoms with Crippen LogP contribution in [0.3, 0.4) is 0 Å². The summed E-state index contributed by atoms with van der Waals surface area (Å²) >= 11 is 6.00. The molecule has 1 heterocycles. The number of likely N-dealkylation sites (N-methyl/N-ethyl adjacent to an activating group) is 1. The lowest BCUT2D eigenvalue weighted by Gasteiger charge is -2.16. The van der Waals surface area contributed by atoms with Gasteiger partial charge in [-0.1, -0.05) is 11.6 Å². The van der Waals surface area contributed by atoms with Gasteiger partial charge in [-0.3, -0.25) is 0 Å². The van der Waals surface area contributed by atoms with Gasteiger partial charge in [0.2, 0.25) is 0 Å². The van der Waals surface area contributed by atoms with E-state index in [2.05, 4.69) is 17.9 Å². The zero-order valence-electron chi connectivity index (χ0n) is 8.91. The van der Waals surface area contributed by atoms with Crippen LogP contribution in [0.1, 0.15) is 24.8 Å². The molecule has 0 aliphatic carbocycles. The van der Waals surface area contributed by atoms with E-state index >= 15 is 0 Å². The van der Waals surface area contributed by atoms with Crippen molar-refractivity contribution < 1.29 is 5.11 Å². The molecule has 0 amide bonds. The Morgan fingerprint density at radius 3 is 3.00 bits per heavy atom. The van der Waals surface area contributed by atoms with E-state index in [0.717, 1.165) is 24.5 Å². The van der Waals surface area contributed by atoms with Crippen LogP contribution < -0.4 is 4.90 Å². The van der Waals surface area contributed by atoms with E-state index in [-0.39, 0.29) is 6.61 Å². The Bertz CT molecular complexity index is 353. The van der Waals surface area contributed by atoms with Crippen LogP contribution in [0.15, 0.2) is 18.2 Å². The Balaban J connectivity index is 2.34. The summed E-state index contributed by atoms with van der Waals surface area (Å²) in [4.78, 5) is 2.34. The average molecular weight is 226 g/mol. The minimum atomic E-state index is 0.244. The molecule has 1 aliphatic rings. The number of hydrogen-bond acceptors (Lipinski definition) is 2. The largest absolute Gasteiger partial charge is 0.396 e. The van der Waals surface area contributed by atoms with Gasteiger partial charge in [-0.15, -0.1) is 0 Å². The highest BCUT2D eigenvalue weighted by atomic mass is 35.5. The molecule has 3 heteroatoms. The molecular formula is C12H16ClNO. The van der Waals surface area contributed by atoms with E-state index in [9.17, 15) is 0 Å². The van der Waals surface area contributed by atoms with E-state index < -0.39 is 0 Å². The van der Waals surface area contributed by atoms with Gasteiger partial charge in [0.15, 0.2) is 0 Å². The minimum Gasteiger partial charge on any atom is -0.396 e. The van der Waals surface area contributed by atoms with E-state index in [0.29, 0.717) is 5.92 Å². The quantitative estimate of drug-likeness (QED) is 0.855. The van der Waals surface area contributed by atoms with Crippen molar-refractivity contribution in [3.63, 3.8) is 0 Å². The lowest BCUT2D eigenvalue weighted by atomic mass is 9.98. The molecule has 1 aromatic rings. The molecule has 0 fully saturated rings. The SMILES string of the molecule is CCN1CC(CCO)c2cc(Cl)ccc21. The molecular weight excluding hydrogens is 210 g/mol. The first-order chi connectivity index (χ1) is 7.26. The van der Waals surface area contributed by atoms with Crippen molar-refractivity contribution in [3.05, 3.63) is 28.8 Å². The maximum Gasteiger partial charge on any atom is 0.0437 e. The summed E-state index contributed by atoms with van der Waals surface area (Å²) in [6, 6.07) is 6.05. The fourth-order valence-electron chi connectivity index (χ4n) is 2.31. The Kier molecular flexibility index (Phi) is 3.17. The van der Waals surface area contributed by atoms with Crippen molar-refractivity contribution in [2.75, 3.05) is 24.6 Å². The lowest BCUT2D eigenvalue weighted by Crippen LogP contribution is -2.21. The van der Waals surface area contributed by atoms with Crippen molar-refractivity contribution in [2.45, 2.75) is 19.3 Å². The molecule has 1 aromatic carbocycles. The summed E-state index contributed by atoms with van der Waals surface area (Å²) < 4.78 is 0. The highest BCUT2D eigenvalue weighted by Crippen LogP contribution is 2.39. The van der Waals surface area contributed by atoms with Crippen LogP contribution in [0, 0.1) is 0 Å². The van der Waals surface area contributed by atoms with Crippen molar-refractivity contribution in [1.29, 1.82) is 0 Å². The Hall–Kier alpha value is -0.730. The van der Waals surface area contributed by atoms with E-state index in [1.807, 2.05) is 12.1 Å². The first-order valence-electron chi connectivity index (χ1n) is 5.41. The molecule has 0 radical (unpaired) electrons. The molecule has 0 saturated carbocycles. The van der Waals surface area contributed by atoms with Crippen LogP contribution in [0.2, 0.25) is 5.02 Å². The van der Waals surface area contributed by atoms with Crippen LogP contribution in [-0.2, 0) is 0 Å². The number of rotatable bonds is 3. The number of aliphatic hydroxyl groups excluding tert-OH is 1. The van der Waals surface area contributed by atoms with Gasteiger partial charge in [0, 0.05) is 36.3 Å². The molecule has 1 N–H and O–H groups in total. The van der Waals surface area contributed by atoms with Crippen LogP contribution in [-0.4, -0.2) is 24.8 Å².